The van der Waals surface area contributed by atoms with E-state index in [0.29, 0.717) is 51.4 Å². The summed E-state index contributed by atoms with van der Waals surface area (Å²) in [7, 11) is 0. The summed E-state index contributed by atoms with van der Waals surface area (Å²) in [5.41, 5.74) is 10.00. The van der Waals surface area contributed by atoms with Crippen molar-refractivity contribution in [3.63, 3.8) is 0 Å². The summed E-state index contributed by atoms with van der Waals surface area (Å²) in [6, 6.07) is 22.7. The van der Waals surface area contributed by atoms with Crippen LogP contribution in [0.4, 0.5) is 19.0 Å². The molecule has 4 N–H and O–H groups in total. The van der Waals surface area contributed by atoms with E-state index in [4.69, 9.17) is 10.7 Å². The third-order valence-electron chi connectivity index (χ3n) is 6.37. The van der Waals surface area contributed by atoms with Crippen LogP contribution in [0.5, 0.6) is 0 Å². The molecule has 10 heteroatoms. The molecule has 0 fully saturated rings. The summed E-state index contributed by atoms with van der Waals surface area (Å²) < 4.78 is 41.3. The molecule has 37 heavy (non-hydrogen) atoms. The zero-order valence-corrected chi connectivity index (χ0v) is 19.3. The van der Waals surface area contributed by atoms with Crippen LogP contribution >= 0.6 is 0 Å². The Bertz CT molecular complexity index is 1710. The minimum absolute atomic E-state index is 0.262. The molecule has 3 heterocycles. The fourth-order valence-electron chi connectivity index (χ4n) is 4.70. The van der Waals surface area contributed by atoms with E-state index < -0.39 is 11.7 Å². The largest absolute Gasteiger partial charge is 0.416 e. The second kappa shape index (κ2) is 8.74. The highest BCUT2D eigenvalue weighted by Crippen LogP contribution is 2.38. The number of fused-ring (bicyclic) bond motifs is 2. The molecule has 0 unspecified atom stereocenters. The van der Waals surface area contributed by atoms with Crippen LogP contribution in [-0.4, -0.2) is 30.4 Å². The van der Waals surface area contributed by atoms with Crippen molar-refractivity contribution in [2.24, 2.45) is 0 Å². The van der Waals surface area contributed by atoms with E-state index in [1.807, 2.05) is 36.4 Å². The third kappa shape index (κ3) is 4.26. The van der Waals surface area contributed by atoms with Gasteiger partial charge >= 0.3 is 6.18 Å². The lowest BCUT2D eigenvalue weighted by molar-refractivity contribution is -0.137. The molecule has 0 radical (unpaired) electrons. The first-order chi connectivity index (χ1) is 17.9. The second-order valence-corrected chi connectivity index (χ2v) is 8.78. The lowest BCUT2D eigenvalue weighted by atomic mass is 9.88. The smallest absolute Gasteiger partial charge is 0.384 e. The van der Waals surface area contributed by atoms with Crippen LogP contribution < -0.4 is 5.73 Å². The molecule has 0 aliphatic carbocycles. The van der Waals surface area contributed by atoms with Crippen LogP contribution in [0.1, 0.15) is 28.4 Å². The molecule has 0 aliphatic rings. The van der Waals surface area contributed by atoms with E-state index in [1.165, 1.54) is 0 Å². The summed E-state index contributed by atoms with van der Waals surface area (Å²) in [5.74, 6) is 0.578. The minimum atomic E-state index is -4.50. The number of nitrogens with zero attached hydrogens (tertiary/aromatic N) is 4. The lowest BCUT2D eigenvalue weighted by Gasteiger charge is -2.17. The Morgan fingerprint density at radius 2 is 1.59 bits per heavy atom. The standard InChI is InChI=1S/C27H20F3N7/c28-27(29,30)17-11-19(16-9-5-2-6-10-16)24-21(12-17)32-23(34-24)14-18(15-7-3-1-4-8-15)20-13-22(31)33-26-25(20)35-37-36-26/h1-13,18H,14H2,(H,32,34)(H3,31,33,35,36,37)/t18-/m1/s1. The normalized spacial score (nSPS) is 12.8. The van der Waals surface area contributed by atoms with Crippen molar-refractivity contribution in [1.29, 1.82) is 0 Å². The Labute approximate surface area is 208 Å². The van der Waals surface area contributed by atoms with Crippen molar-refractivity contribution in [2.45, 2.75) is 18.5 Å². The van der Waals surface area contributed by atoms with E-state index >= 15 is 0 Å². The van der Waals surface area contributed by atoms with E-state index in [0.717, 1.165) is 23.3 Å². The van der Waals surface area contributed by atoms with Gasteiger partial charge in [0.05, 0.1) is 16.6 Å². The van der Waals surface area contributed by atoms with Gasteiger partial charge in [-0.2, -0.15) is 13.2 Å². The first-order valence-electron chi connectivity index (χ1n) is 11.5. The molecule has 0 spiro atoms. The van der Waals surface area contributed by atoms with Gasteiger partial charge < -0.3 is 10.7 Å². The maximum absolute atomic E-state index is 13.8. The molecular formula is C27H20F3N7. The number of benzene rings is 3. The van der Waals surface area contributed by atoms with E-state index in [1.54, 1.807) is 30.3 Å². The minimum Gasteiger partial charge on any atom is -0.384 e. The zero-order valence-electron chi connectivity index (χ0n) is 19.3. The van der Waals surface area contributed by atoms with Crippen molar-refractivity contribution in [2.75, 3.05) is 5.73 Å². The number of anilines is 1. The SMILES string of the molecule is Nc1cc([C@H](Cc2nc3c(-c4ccccc4)cc(C(F)(F)F)cc3[nH]2)c2ccccc2)c2nn[nH]c2n1. The fourth-order valence-corrected chi connectivity index (χ4v) is 4.70. The van der Waals surface area contributed by atoms with Gasteiger partial charge in [0.25, 0.3) is 0 Å². The average Bonchev–Trinajstić information content (AvgIpc) is 3.53. The summed E-state index contributed by atoms with van der Waals surface area (Å²) in [6.07, 6.45) is -4.14. The van der Waals surface area contributed by atoms with E-state index in [2.05, 4.69) is 25.4 Å². The molecular weight excluding hydrogens is 479 g/mol. The predicted molar refractivity (Wildman–Crippen MR) is 135 cm³/mol. The number of hydrogen-bond acceptors (Lipinski definition) is 5. The maximum atomic E-state index is 13.8. The Morgan fingerprint density at radius 1 is 0.865 bits per heavy atom. The Kier molecular flexibility index (Phi) is 5.36. The first kappa shape index (κ1) is 22.7. The Morgan fingerprint density at radius 3 is 2.32 bits per heavy atom. The number of alkyl halides is 3. The van der Waals surface area contributed by atoms with Gasteiger partial charge in [0.2, 0.25) is 0 Å². The number of pyridine rings is 1. The van der Waals surface area contributed by atoms with Crippen molar-refractivity contribution < 1.29 is 13.2 Å². The van der Waals surface area contributed by atoms with Crippen LogP contribution in [-0.2, 0) is 12.6 Å². The molecule has 7 nitrogen and oxygen atoms in total. The average molecular weight is 500 g/mol. The summed E-state index contributed by atoms with van der Waals surface area (Å²) in [6.45, 7) is 0. The van der Waals surface area contributed by atoms with E-state index in [-0.39, 0.29) is 5.92 Å². The van der Waals surface area contributed by atoms with Gasteiger partial charge in [0, 0.05) is 17.9 Å². The summed E-state index contributed by atoms with van der Waals surface area (Å²) in [4.78, 5) is 12.2. The molecule has 0 bridgehead atoms. The molecule has 6 rings (SSSR count). The van der Waals surface area contributed by atoms with Crippen molar-refractivity contribution >= 4 is 28.0 Å². The second-order valence-electron chi connectivity index (χ2n) is 8.78. The first-order valence-corrected chi connectivity index (χ1v) is 11.5. The van der Waals surface area contributed by atoms with Gasteiger partial charge in [-0.25, -0.2) is 15.1 Å². The highest BCUT2D eigenvalue weighted by Gasteiger charge is 2.32. The molecule has 6 aromatic rings. The van der Waals surface area contributed by atoms with Gasteiger partial charge in [-0.05, 0) is 34.9 Å². The molecule has 0 amide bonds. The molecule has 3 aromatic carbocycles. The van der Waals surface area contributed by atoms with Crippen LogP contribution in [0, 0.1) is 0 Å². The number of nitrogen functional groups attached to an aromatic ring is 1. The van der Waals surface area contributed by atoms with Crippen molar-refractivity contribution in [3.05, 3.63) is 101 Å². The number of aromatic nitrogens is 6. The summed E-state index contributed by atoms with van der Waals surface area (Å²) >= 11 is 0. The molecule has 3 aromatic heterocycles. The predicted octanol–water partition coefficient (Wildman–Crippen LogP) is 5.87. The number of halogens is 3. The van der Waals surface area contributed by atoms with Gasteiger partial charge in [-0.15, -0.1) is 5.10 Å². The molecule has 1 atom stereocenters. The quantitative estimate of drug-likeness (QED) is 0.275. The fraction of sp³-hybridized carbons (Fsp3) is 0.111. The number of imidazole rings is 1. The van der Waals surface area contributed by atoms with Gasteiger partial charge in [-0.1, -0.05) is 65.9 Å². The topological polar surface area (TPSA) is 109 Å². The molecule has 0 saturated carbocycles. The van der Waals surface area contributed by atoms with Gasteiger partial charge in [-0.3, -0.25) is 0 Å². The van der Waals surface area contributed by atoms with Crippen molar-refractivity contribution in [3.8, 4) is 11.1 Å². The van der Waals surface area contributed by atoms with Gasteiger partial charge in [0.15, 0.2) is 5.65 Å². The number of hydrogen-bond donors (Lipinski definition) is 3. The highest BCUT2D eigenvalue weighted by molar-refractivity contribution is 5.93. The van der Waals surface area contributed by atoms with Crippen molar-refractivity contribution in [1.82, 2.24) is 30.4 Å². The zero-order chi connectivity index (χ0) is 25.6. The van der Waals surface area contributed by atoms with Crippen LogP contribution in [0.2, 0.25) is 0 Å². The van der Waals surface area contributed by atoms with Gasteiger partial charge in [0.1, 0.15) is 17.2 Å². The van der Waals surface area contributed by atoms with Crippen LogP contribution in [0.25, 0.3) is 33.3 Å². The summed E-state index contributed by atoms with van der Waals surface area (Å²) in [5, 5.41) is 10.8. The number of nitrogens with one attached hydrogen (secondary N) is 2. The molecule has 184 valence electrons. The molecule has 0 saturated heterocycles. The lowest BCUT2D eigenvalue weighted by Crippen LogP contribution is -2.08. The third-order valence-corrected chi connectivity index (χ3v) is 6.37. The Hall–Kier alpha value is -4.73. The monoisotopic (exact) mass is 499 g/mol. The number of aromatic amines is 2. The van der Waals surface area contributed by atoms with Crippen LogP contribution in [0.15, 0.2) is 78.9 Å². The number of rotatable bonds is 5. The Balaban J connectivity index is 1.51. The van der Waals surface area contributed by atoms with Crippen LogP contribution in [0.3, 0.4) is 0 Å². The van der Waals surface area contributed by atoms with E-state index in [9.17, 15) is 13.2 Å². The number of H-pyrrole nitrogens is 2. The maximum Gasteiger partial charge on any atom is 0.416 e. The number of nitrogens with two attached hydrogens (primary N) is 1. The molecule has 0 aliphatic heterocycles. The highest BCUT2D eigenvalue weighted by atomic mass is 19.4.